The third-order valence-electron chi connectivity index (χ3n) is 5.40. The lowest BCUT2D eigenvalue weighted by molar-refractivity contribution is 0.0731. The van der Waals surface area contributed by atoms with Crippen molar-refractivity contribution in [3.8, 4) is 5.75 Å². The normalized spacial score (nSPS) is 19.1. The van der Waals surface area contributed by atoms with Crippen LogP contribution in [-0.4, -0.2) is 37.4 Å². The number of amides is 1. The van der Waals surface area contributed by atoms with Crippen LogP contribution in [0.4, 0.5) is 0 Å². The number of ether oxygens (including phenoxy) is 1. The first-order chi connectivity index (χ1) is 13.4. The van der Waals surface area contributed by atoms with E-state index in [2.05, 4.69) is 10.6 Å². The van der Waals surface area contributed by atoms with Gasteiger partial charge in [-0.3, -0.25) is 9.59 Å². The fourth-order valence-corrected chi connectivity index (χ4v) is 4.01. The van der Waals surface area contributed by atoms with Gasteiger partial charge in [0.15, 0.2) is 5.78 Å². The smallest absolute Gasteiger partial charge is 0.252 e. The monoisotopic (exact) mass is 380 g/mol. The Morgan fingerprint density at radius 2 is 1.82 bits per heavy atom. The minimum atomic E-state index is -0.953. The predicted octanol–water partition coefficient (Wildman–Crippen LogP) is 3.36. The largest absolute Gasteiger partial charge is 0.496 e. The number of piperidine rings is 1. The van der Waals surface area contributed by atoms with Crippen molar-refractivity contribution in [3.05, 3.63) is 64.2 Å². The predicted molar refractivity (Wildman–Crippen MR) is 110 cm³/mol. The number of hydrogen-bond donors (Lipinski definition) is 2. The van der Waals surface area contributed by atoms with Crippen molar-refractivity contribution in [1.29, 1.82) is 0 Å². The van der Waals surface area contributed by atoms with Gasteiger partial charge in [-0.2, -0.15) is 0 Å². The Hall–Kier alpha value is -2.66. The lowest BCUT2D eigenvalue weighted by Gasteiger charge is -2.37. The second kappa shape index (κ2) is 8.15. The molecule has 0 spiro atoms. The first-order valence-corrected chi connectivity index (χ1v) is 9.66. The van der Waals surface area contributed by atoms with Crippen LogP contribution in [0.2, 0.25) is 0 Å². The van der Waals surface area contributed by atoms with E-state index in [1.54, 1.807) is 19.2 Å². The molecule has 0 bridgehead atoms. The molecular formula is C23H28N2O3. The van der Waals surface area contributed by atoms with Gasteiger partial charge in [0.1, 0.15) is 11.3 Å². The summed E-state index contributed by atoms with van der Waals surface area (Å²) in [6.45, 7) is 7.08. The van der Waals surface area contributed by atoms with E-state index < -0.39 is 5.54 Å². The maximum atomic E-state index is 13.5. The third kappa shape index (κ3) is 3.94. The fraction of sp³-hybridized carbons (Fsp3) is 0.391. The van der Waals surface area contributed by atoms with Crippen LogP contribution in [0.1, 0.15) is 50.2 Å². The molecule has 1 fully saturated rings. The number of ketones is 1. The molecule has 0 aliphatic carbocycles. The molecular weight excluding hydrogens is 352 g/mol. The zero-order valence-corrected chi connectivity index (χ0v) is 17.0. The van der Waals surface area contributed by atoms with Crippen LogP contribution in [0.5, 0.6) is 5.75 Å². The van der Waals surface area contributed by atoms with Gasteiger partial charge in [-0.05, 0) is 64.4 Å². The lowest BCUT2D eigenvalue weighted by Crippen LogP contribution is -2.62. The average Bonchev–Trinajstić information content (AvgIpc) is 2.67. The molecule has 1 heterocycles. The minimum Gasteiger partial charge on any atom is -0.496 e. The first-order valence-electron chi connectivity index (χ1n) is 9.66. The van der Waals surface area contributed by atoms with Crippen LogP contribution >= 0.6 is 0 Å². The minimum absolute atomic E-state index is 0.0413. The van der Waals surface area contributed by atoms with Crippen LogP contribution in [-0.2, 0) is 0 Å². The highest BCUT2D eigenvalue weighted by atomic mass is 16.5. The van der Waals surface area contributed by atoms with E-state index in [0.29, 0.717) is 29.8 Å². The van der Waals surface area contributed by atoms with Crippen molar-refractivity contribution in [1.82, 2.24) is 10.6 Å². The Balaban J connectivity index is 1.96. The van der Waals surface area contributed by atoms with E-state index in [-0.39, 0.29) is 11.7 Å². The summed E-state index contributed by atoms with van der Waals surface area (Å²) < 4.78 is 5.33. The Morgan fingerprint density at radius 1 is 1.11 bits per heavy atom. The Labute approximate surface area is 166 Å². The molecule has 3 rings (SSSR count). The Kier molecular flexibility index (Phi) is 5.84. The van der Waals surface area contributed by atoms with E-state index in [1.807, 2.05) is 45.0 Å². The highest BCUT2D eigenvalue weighted by molar-refractivity contribution is 6.08. The highest BCUT2D eigenvalue weighted by Crippen LogP contribution is 2.26. The second-order valence-corrected chi connectivity index (χ2v) is 7.65. The lowest BCUT2D eigenvalue weighted by atomic mass is 9.81. The molecule has 148 valence electrons. The van der Waals surface area contributed by atoms with Crippen molar-refractivity contribution in [2.45, 2.75) is 39.2 Å². The van der Waals surface area contributed by atoms with Crippen LogP contribution in [0.15, 0.2) is 36.4 Å². The summed E-state index contributed by atoms with van der Waals surface area (Å²) in [5.41, 5.74) is 3.06. The molecule has 5 heteroatoms. The van der Waals surface area contributed by atoms with Crippen molar-refractivity contribution in [2.24, 2.45) is 0 Å². The van der Waals surface area contributed by atoms with Gasteiger partial charge in [-0.1, -0.05) is 23.3 Å². The molecule has 1 aliphatic rings. The van der Waals surface area contributed by atoms with Gasteiger partial charge in [0.25, 0.3) is 5.91 Å². The molecule has 5 nitrogen and oxygen atoms in total. The van der Waals surface area contributed by atoms with Crippen molar-refractivity contribution in [3.63, 3.8) is 0 Å². The summed E-state index contributed by atoms with van der Waals surface area (Å²) in [5.74, 6) is 0.363. The Bertz CT molecular complexity index is 878. The van der Waals surface area contributed by atoms with Gasteiger partial charge >= 0.3 is 0 Å². The van der Waals surface area contributed by atoms with Gasteiger partial charge in [-0.15, -0.1) is 0 Å². The number of methoxy groups -OCH3 is 1. The first kappa shape index (κ1) is 20.1. The summed E-state index contributed by atoms with van der Waals surface area (Å²) in [4.78, 5) is 26.7. The van der Waals surface area contributed by atoms with Crippen molar-refractivity contribution in [2.75, 3.05) is 20.2 Å². The molecule has 2 N–H and O–H groups in total. The zero-order chi connectivity index (χ0) is 20.3. The van der Waals surface area contributed by atoms with Gasteiger partial charge in [0, 0.05) is 23.2 Å². The number of Topliss-reactive ketones (excluding diaryl/α,β-unsaturated/α-hetero) is 1. The number of aryl methyl sites for hydroxylation is 2. The van der Waals surface area contributed by atoms with Crippen LogP contribution < -0.4 is 15.4 Å². The average molecular weight is 380 g/mol. The quantitative estimate of drug-likeness (QED) is 0.781. The maximum absolute atomic E-state index is 13.5. The molecule has 2 aromatic rings. The molecule has 28 heavy (non-hydrogen) atoms. The molecule has 0 aromatic heterocycles. The summed E-state index contributed by atoms with van der Waals surface area (Å²) in [6, 6.07) is 11.2. The van der Waals surface area contributed by atoms with E-state index >= 15 is 0 Å². The fourth-order valence-electron chi connectivity index (χ4n) is 4.01. The van der Waals surface area contributed by atoms with Gasteiger partial charge in [-0.25, -0.2) is 0 Å². The molecule has 1 unspecified atom stereocenters. The molecule has 1 saturated heterocycles. The summed E-state index contributed by atoms with van der Waals surface area (Å²) >= 11 is 0. The van der Waals surface area contributed by atoms with E-state index in [9.17, 15) is 9.59 Å². The molecule has 2 aromatic carbocycles. The van der Waals surface area contributed by atoms with E-state index in [1.165, 1.54) is 0 Å². The number of benzene rings is 2. The van der Waals surface area contributed by atoms with Gasteiger partial charge < -0.3 is 15.4 Å². The second-order valence-electron chi connectivity index (χ2n) is 7.65. The number of hydrogen-bond acceptors (Lipinski definition) is 4. The number of carbonyl (C=O) groups excluding carboxylic acids is 2. The Morgan fingerprint density at radius 3 is 2.43 bits per heavy atom. The van der Waals surface area contributed by atoms with E-state index in [4.69, 9.17) is 4.74 Å². The topological polar surface area (TPSA) is 67.4 Å². The maximum Gasteiger partial charge on any atom is 0.252 e. The van der Waals surface area contributed by atoms with Crippen LogP contribution in [0, 0.1) is 20.8 Å². The molecule has 0 saturated carbocycles. The summed E-state index contributed by atoms with van der Waals surface area (Å²) in [7, 11) is 1.58. The summed E-state index contributed by atoms with van der Waals surface area (Å²) in [6.07, 6.45) is 1.44. The molecule has 0 radical (unpaired) electrons. The SMILES string of the molecule is COc1cccc(C(=O)NC2(C(=O)c3cc(C)cc(C)c3)CCCNC2)c1C. The van der Waals surface area contributed by atoms with E-state index in [0.717, 1.165) is 29.7 Å². The zero-order valence-electron chi connectivity index (χ0n) is 17.0. The molecule has 1 aliphatic heterocycles. The molecule has 1 atom stereocenters. The standard InChI is InChI=1S/C23H28N2O3/c1-15-11-16(2)13-18(12-15)21(26)23(9-6-10-24-14-23)25-22(27)19-7-5-8-20(28-4)17(19)3/h5,7-8,11-13,24H,6,9-10,14H2,1-4H3,(H,25,27). The summed E-state index contributed by atoms with van der Waals surface area (Å²) in [5, 5.41) is 6.36. The van der Waals surface area contributed by atoms with Gasteiger partial charge in [0.05, 0.1) is 7.11 Å². The van der Waals surface area contributed by atoms with Crippen LogP contribution in [0.3, 0.4) is 0 Å². The number of rotatable bonds is 5. The third-order valence-corrected chi connectivity index (χ3v) is 5.40. The number of nitrogens with one attached hydrogen (secondary N) is 2. The van der Waals surface area contributed by atoms with Crippen molar-refractivity contribution >= 4 is 11.7 Å². The highest BCUT2D eigenvalue weighted by Gasteiger charge is 2.41. The van der Waals surface area contributed by atoms with Crippen LogP contribution in [0.25, 0.3) is 0 Å². The van der Waals surface area contributed by atoms with Gasteiger partial charge in [0.2, 0.25) is 0 Å². The number of carbonyl (C=O) groups is 2. The molecule has 1 amide bonds. The van der Waals surface area contributed by atoms with Crippen molar-refractivity contribution < 1.29 is 14.3 Å².